The van der Waals surface area contributed by atoms with Crippen molar-refractivity contribution in [2.24, 2.45) is 0 Å². The molecule has 0 aliphatic carbocycles. The molecule has 0 heterocycles. The lowest BCUT2D eigenvalue weighted by Crippen LogP contribution is -2.17. The normalized spacial score (nSPS) is 11.7. The van der Waals surface area contributed by atoms with Gasteiger partial charge in [-0.3, -0.25) is 0 Å². The van der Waals surface area contributed by atoms with Crippen LogP contribution in [-0.4, -0.2) is 0 Å². The van der Waals surface area contributed by atoms with Gasteiger partial charge in [-0.1, -0.05) is 58.4 Å². The smallest absolute Gasteiger partial charge is 0.0294 e. The lowest BCUT2D eigenvalue weighted by molar-refractivity contribution is 0.575. The van der Waals surface area contributed by atoms with Crippen molar-refractivity contribution in [1.82, 2.24) is 5.32 Å². The van der Waals surface area contributed by atoms with E-state index in [4.69, 9.17) is 0 Å². The van der Waals surface area contributed by atoms with Crippen LogP contribution in [0.4, 0.5) is 0 Å². The molecule has 0 amide bonds. The summed E-state index contributed by atoms with van der Waals surface area (Å²) in [6.07, 6.45) is 0. The summed E-state index contributed by atoms with van der Waals surface area (Å²) < 4.78 is 1.12. The first kappa shape index (κ1) is 15.2. The molecule has 0 fully saturated rings. The molecule has 18 heavy (non-hydrogen) atoms. The predicted molar refractivity (Wildman–Crippen MR) is 83.1 cm³/mol. The molecule has 2 rings (SSSR count). The van der Waals surface area contributed by atoms with E-state index in [9.17, 15) is 0 Å². The average Bonchev–Trinajstić information content (AvgIpc) is 2.39. The topological polar surface area (TPSA) is 12.0 Å². The highest BCUT2D eigenvalue weighted by Crippen LogP contribution is 2.14. The molecule has 1 atom stereocenters. The minimum absolute atomic E-state index is 0. The molecule has 0 saturated carbocycles. The Morgan fingerprint density at radius 1 is 1.00 bits per heavy atom. The molecule has 0 unspecified atom stereocenters. The van der Waals surface area contributed by atoms with Gasteiger partial charge in [0.1, 0.15) is 0 Å². The Kier molecular flexibility index (Phi) is 6.41. The predicted octanol–water partition coefficient (Wildman–Crippen LogP) is 4.72. The first-order valence-corrected chi connectivity index (χ1v) is 6.58. The van der Waals surface area contributed by atoms with Gasteiger partial charge in [-0.05, 0) is 30.2 Å². The average molecular weight is 327 g/mol. The number of halogens is 2. The second kappa shape index (κ2) is 7.57. The van der Waals surface area contributed by atoms with E-state index in [-0.39, 0.29) is 12.4 Å². The van der Waals surface area contributed by atoms with E-state index >= 15 is 0 Å². The van der Waals surface area contributed by atoms with Crippen LogP contribution in [0.5, 0.6) is 0 Å². The summed E-state index contributed by atoms with van der Waals surface area (Å²) in [4.78, 5) is 0. The first-order valence-electron chi connectivity index (χ1n) is 5.78. The molecule has 0 aromatic heterocycles. The monoisotopic (exact) mass is 325 g/mol. The molecule has 0 radical (unpaired) electrons. The van der Waals surface area contributed by atoms with Gasteiger partial charge in [-0.25, -0.2) is 0 Å². The number of nitrogens with one attached hydrogen (secondary N) is 1. The highest BCUT2D eigenvalue weighted by Gasteiger charge is 2.03. The largest absolute Gasteiger partial charge is 0.306 e. The molecular formula is C15H17BrClN. The fourth-order valence-corrected chi connectivity index (χ4v) is 2.00. The molecule has 0 bridgehead atoms. The van der Waals surface area contributed by atoms with E-state index in [1.54, 1.807) is 0 Å². The summed E-state index contributed by atoms with van der Waals surface area (Å²) in [7, 11) is 0. The lowest BCUT2D eigenvalue weighted by Gasteiger charge is -2.14. The van der Waals surface area contributed by atoms with Crippen molar-refractivity contribution in [3.05, 3.63) is 70.2 Å². The number of hydrogen-bond acceptors (Lipinski definition) is 1. The van der Waals surface area contributed by atoms with E-state index in [0.29, 0.717) is 6.04 Å². The van der Waals surface area contributed by atoms with E-state index in [2.05, 4.69) is 76.7 Å². The van der Waals surface area contributed by atoms with Crippen LogP contribution in [0, 0.1) is 0 Å². The molecule has 1 N–H and O–H groups in total. The Morgan fingerprint density at radius 3 is 2.22 bits per heavy atom. The minimum Gasteiger partial charge on any atom is -0.306 e. The van der Waals surface area contributed by atoms with Crippen LogP contribution in [0.1, 0.15) is 24.1 Å². The van der Waals surface area contributed by atoms with Crippen molar-refractivity contribution in [3.63, 3.8) is 0 Å². The zero-order valence-corrected chi connectivity index (χ0v) is 12.7. The van der Waals surface area contributed by atoms with Crippen LogP contribution in [0.25, 0.3) is 0 Å². The van der Waals surface area contributed by atoms with Crippen LogP contribution in [0.15, 0.2) is 59.1 Å². The van der Waals surface area contributed by atoms with Crippen molar-refractivity contribution in [3.8, 4) is 0 Å². The molecule has 2 aromatic carbocycles. The van der Waals surface area contributed by atoms with Crippen LogP contribution in [-0.2, 0) is 6.54 Å². The Labute approximate surface area is 123 Å². The van der Waals surface area contributed by atoms with Gasteiger partial charge >= 0.3 is 0 Å². The number of benzene rings is 2. The highest BCUT2D eigenvalue weighted by molar-refractivity contribution is 9.10. The molecule has 0 aliphatic rings. The summed E-state index contributed by atoms with van der Waals surface area (Å²) in [5.74, 6) is 0. The van der Waals surface area contributed by atoms with Gasteiger partial charge in [0, 0.05) is 17.1 Å². The lowest BCUT2D eigenvalue weighted by atomic mass is 10.1. The maximum atomic E-state index is 3.52. The van der Waals surface area contributed by atoms with E-state index in [1.165, 1.54) is 11.1 Å². The van der Waals surface area contributed by atoms with Crippen molar-refractivity contribution < 1.29 is 0 Å². The van der Waals surface area contributed by atoms with Gasteiger partial charge < -0.3 is 5.32 Å². The van der Waals surface area contributed by atoms with E-state index in [1.807, 2.05) is 6.07 Å². The Bertz CT molecular complexity index is 456. The highest BCUT2D eigenvalue weighted by atomic mass is 79.9. The van der Waals surface area contributed by atoms with Gasteiger partial charge in [-0.15, -0.1) is 12.4 Å². The molecule has 0 spiro atoms. The zero-order chi connectivity index (χ0) is 12.1. The summed E-state index contributed by atoms with van der Waals surface area (Å²) in [6.45, 7) is 3.08. The molecule has 0 aliphatic heterocycles. The third-order valence-corrected chi connectivity index (χ3v) is 3.35. The number of hydrogen-bond donors (Lipinski definition) is 1. The van der Waals surface area contributed by atoms with Crippen LogP contribution in [0.2, 0.25) is 0 Å². The molecule has 0 saturated heterocycles. The van der Waals surface area contributed by atoms with E-state index in [0.717, 1.165) is 11.0 Å². The van der Waals surface area contributed by atoms with Crippen LogP contribution in [0.3, 0.4) is 0 Å². The Balaban J connectivity index is 0.00000162. The maximum Gasteiger partial charge on any atom is 0.0294 e. The molecule has 2 aromatic rings. The van der Waals surface area contributed by atoms with Gasteiger partial charge in [0.05, 0.1) is 0 Å². The molecule has 3 heteroatoms. The fraction of sp³-hybridized carbons (Fsp3) is 0.200. The summed E-state index contributed by atoms with van der Waals surface area (Å²) in [5, 5.41) is 3.52. The van der Waals surface area contributed by atoms with Gasteiger partial charge in [0.2, 0.25) is 0 Å². The zero-order valence-electron chi connectivity index (χ0n) is 10.3. The Morgan fingerprint density at radius 2 is 1.61 bits per heavy atom. The quantitative estimate of drug-likeness (QED) is 0.857. The van der Waals surface area contributed by atoms with Gasteiger partial charge in [0.15, 0.2) is 0 Å². The first-order chi connectivity index (χ1) is 8.25. The van der Waals surface area contributed by atoms with E-state index < -0.39 is 0 Å². The molecular weight excluding hydrogens is 310 g/mol. The molecule has 1 nitrogen and oxygen atoms in total. The Hall–Kier alpha value is -0.830. The summed E-state index contributed by atoms with van der Waals surface area (Å²) >= 11 is 3.44. The standard InChI is InChI=1S/C15H16BrN.ClH/c1-12(14-5-3-2-4-6-14)17-11-13-7-9-15(16)10-8-13;/h2-10,12,17H,11H2,1H3;1H/t12-;/m0./s1. The van der Waals surface area contributed by atoms with Gasteiger partial charge in [0.25, 0.3) is 0 Å². The maximum absolute atomic E-state index is 3.52. The van der Waals surface area contributed by atoms with Crippen molar-refractivity contribution >= 4 is 28.3 Å². The van der Waals surface area contributed by atoms with Crippen molar-refractivity contribution in [2.75, 3.05) is 0 Å². The van der Waals surface area contributed by atoms with Gasteiger partial charge in [-0.2, -0.15) is 0 Å². The third kappa shape index (κ3) is 4.45. The third-order valence-electron chi connectivity index (χ3n) is 2.83. The minimum atomic E-state index is 0. The number of rotatable bonds is 4. The molecule has 96 valence electrons. The second-order valence-electron chi connectivity index (χ2n) is 4.14. The summed E-state index contributed by atoms with van der Waals surface area (Å²) in [5.41, 5.74) is 2.63. The fourth-order valence-electron chi connectivity index (χ4n) is 1.73. The summed E-state index contributed by atoms with van der Waals surface area (Å²) in [6, 6.07) is 19.3. The van der Waals surface area contributed by atoms with Crippen LogP contribution < -0.4 is 5.32 Å². The van der Waals surface area contributed by atoms with Crippen LogP contribution >= 0.6 is 28.3 Å². The second-order valence-corrected chi connectivity index (χ2v) is 5.06. The van der Waals surface area contributed by atoms with Crippen molar-refractivity contribution in [1.29, 1.82) is 0 Å². The van der Waals surface area contributed by atoms with Crippen molar-refractivity contribution in [2.45, 2.75) is 19.5 Å². The SMILES string of the molecule is C[C@H](NCc1ccc(Br)cc1)c1ccccc1.Cl.